The molecule has 1 rings (SSSR count). The second-order valence-electron chi connectivity index (χ2n) is 5.07. The Morgan fingerprint density at radius 2 is 2.06 bits per heavy atom. The zero-order chi connectivity index (χ0) is 13.1. The van der Waals surface area contributed by atoms with Gasteiger partial charge in [-0.25, -0.2) is 4.79 Å². The maximum absolute atomic E-state index is 11.9. The molecule has 1 aliphatic rings. The van der Waals surface area contributed by atoms with E-state index < -0.39 is 5.54 Å². The lowest BCUT2D eigenvalue weighted by molar-refractivity contribution is 0.190. The highest BCUT2D eigenvalue weighted by molar-refractivity contribution is 7.80. The van der Waals surface area contributed by atoms with Gasteiger partial charge in [-0.1, -0.05) is 19.1 Å². The summed E-state index contributed by atoms with van der Waals surface area (Å²) in [6, 6.07) is -0.0881. The van der Waals surface area contributed by atoms with Crippen LogP contribution in [0, 0.1) is 5.92 Å². The summed E-state index contributed by atoms with van der Waals surface area (Å²) in [7, 11) is 1.77. The zero-order valence-electron chi connectivity index (χ0n) is 11.0. The van der Waals surface area contributed by atoms with E-state index in [1.807, 2.05) is 6.92 Å². The fourth-order valence-corrected chi connectivity index (χ4v) is 2.39. The largest absolute Gasteiger partial charge is 0.391 e. The van der Waals surface area contributed by atoms with Crippen molar-refractivity contribution in [2.24, 2.45) is 11.7 Å². The van der Waals surface area contributed by atoms with Crippen LogP contribution in [0.4, 0.5) is 4.79 Å². The highest BCUT2D eigenvalue weighted by Crippen LogP contribution is 2.32. The fraction of sp³-hybridized carbons (Fsp3) is 0.833. The third kappa shape index (κ3) is 3.31. The number of hydrogen-bond acceptors (Lipinski definition) is 2. The minimum Gasteiger partial charge on any atom is -0.391 e. The van der Waals surface area contributed by atoms with Crippen LogP contribution in [0.1, 0.15) is 39.5 Å². The number of thiocarbonyl (C=S) groups is 1. The summed E-state index contributed by atoms with van der Waals surface area (Å²) in [6.07, 6.45) is 3.83. The Bertz CT molecular complexity index is 298. The summed E-state index contributed by atoms with van der Waals surface area (Å²) in [5.74, 6) is 0.693. The number of nitrogens with one attached hydrogen (secondary N) is 1. The van der Waals surface area contributed by atoms with Crippen molar-refractivity contribution in [3.63, 3.8) is 0 Å². The number of carbonyl (C=O) groups is 1. The van der Waals surface area contributed by atoms with Gasteiger partial charge >= 0.3 is 6.03 Å². The minimum absolute atomic E-state index is 0.0881. The molecule has 5 heteroatoms. The average molecular weight is 257 g/mol. The van der Waals surface area contributed by atoms with Crippen LogP contribution in [-0.2, 0) is 0 Å². The van der Waals surface area contributed by atoms with Crippen molar-refractivity contribution in [2.75, 3.05) is 13.6 Å². The zero-order valence-corrected chi connectivity index (χ0v) is 11.8. The highest BCUT2D eigenvalue weighted by Gasteiger charge is 2.38. The standard InChI is InChI=1S/C12H23N3OS/c1-4-15(3)11(16)14-12(10(13)17)7-5-9(2)6-8-12/h9H,4-8H2,1-3H3,(H2,13,17)(H,14,16). The van der Waals surface area contributed by atoms with Crippen molar-refractivity contribution in [3.05, 3.63) is 0 Å². The smallest absolute Gasteiger partial charge is 0.317 e. The highest BCUT2D eigenvalue weighted by atomic mass is 32.1. The van der Waals surface area contributed by atoms with Crippen molar-refractivity contribution in [1.29, 1.82) is 0 Å². The van der Waals surface area contributed by atoms with Crippen LogP contribution in [0.15, 0.2) is 0 Å². The first-order valence-electron chi connectivity index (χ1n) is 6.24. The molecule has 0 aliphatic heterocycles. The molecule has 1 aliphatic carbocycles. The molecule has 98 valence electrons. The normalized spacial score (nSPS) is 28.5. The molecule has 0 saturated heterocycles. The predicted molar refractivity (Wildman–Crippen MR) is 74.0 cm³/mol. The van der Waals surface area contributed by atoms with Crippen LogP contribution in [-0.4, -0.2) is 35.1 Å². The molecule has 0 heterocycles. The van der Waals surface area contributed by atoms with Gasteiger partial charge in [-0.3, -0.25) is 0 Å². The van der Waals surface area contributed by atoms with Gasteiger partial charge in [0.05, 0.1) is 10.5 Å². The first kappa shape index (κ1) is 14.2. The van der Waals surface area contributed by atoms with E-state index in [4.69, 9.17) is 18.0 Å². The van der Waals surface area contributed by atoms with Crippen LogP contribution in [0.2, 0.25) is 0 Å². The molecule has 0 unspecified atom stereocenters. The topological polar surface area (TPSA) is 58.4 Å². The molecule has 0 bridgehead atoms. The van der Waals surface area contributed by atoms with E-state index in [1.165, 1.54) is 0 Å². The summed E-state index contributed by atoms with van der Waals surface area (Å²) in [5.41, 5.74) is 5.37. The Balaban J connectivity index is 2.73. The molecule has 4 nitrogen and oxygen atoms in total. The molecule has 1 fully saturated rings. The molecule has 0 radical (unpaired) electrons. The van der Waals surface area contributed by atoms with E-state index in [2.05, 4.69) is 12.2 Å². The Hall–Kier alpha value is -0.840. The molecular weight excluding hydrogens is 234 g/mol. The predicted octanol–water partition coefficient (Wildman–Crippen LogP) is 1.88. The monoisotopic (exact) mass is 257 g/mol. The van der Waals surface area contributed by atoms with Gasteiger partial charge in [-0.05, 0) is 38.5 Å². The van der Waals surface area contributed by atoms with Crippen LogP contribution >= 0.6 is 12.2 Å². The number of urea groups is 1. The summed E-state index contributed by atoms with van der Waals surface area (Å²) < 4.78 is 0. The molecule has 17 heavy (non-hydrogen) atoms. The van der Waals surface area contributed by atoms with Crippen molar-refractivity contribution in [1.82, 2.24) is 10.2 Å². The van der Waals surface area contributed by atoms with Gasteiger partial charge in [0.25, 0.3) is 0 Å². The molecule has 3 N–H and O–H groups in total. The SMILES string of the molecule is CCN(C)C(=O)NC1(C(N)=S)CCC(C)CC1. The lowest BCUT2D eigenvalue weighted by Gasteiger charge is -2.40. The van der Waals surface area contributed by atoms with Gasteiger partial charge < -0.3 is 16.0 Å². The van der Waals surface area contributed by atoms with E-state index in [0.717, 1.165) is 25.7 Å². The molecule has 0 aromatic carbocycles. The Kier molecular flexibility index (Phi) is 4.74. The van der Waals surface area contributed by atoms with Gasteiger partial charge in [0, 0.05) is 13.6 Å². The van der Waals surface area contributed by atoms with Crippen LogP contribution < -0.4 is 11.1 Å². The van der Waals surface area contributed by atoms with E-state index in [1.54, 1.807) is 11.9 Å². The first-order valence-corrected chi connectivity index (χ1v) is 6.65. The van der Waals surface area contributed by atoms with Gasteiger partial charge in [-0.2, -0.15) is 0 Å². The fourth-order valence-electron chi connectivity index (χ4n) is 2.13. The minimum atomic E-state index is -0.470. The number of nitrogens with two attached hydrogens (primary N) is 1. The Morgan fingerprint density at radius 1 is 1.53 bits per heavy atom. The number of nitrogens with zero attached hydrogens (tertiary/aromatic N) is 1. The van der Waals surface area contributed by atoms with Crippen LogP contribution in [0.3, 0.4) is 0 Å². The van der Waals surface area contributed by atoms with Crippen LogP contribution in [0.25, 0.3) is 0 Å². The quantitative estimate of drug-likeness (QED) is 0.759. The van der Waals surface area contributed by atoms with E-state index in [0.29, 0.717) is 17.5 Å². The molecule has 0 aromatic rings. The third-order valence-corrected chi connectivity index (χ3v) is 4.16. The lowest BCUT2D eigenvalue weighted by Crippen LogP contribution is -2.60. The maximum Gasteiger partial charge on any atom is 0.317 e. The van der Waals surface area contributed by atoms with Crippen LogP contribution in [0.5, 0.6) is 0 Å². The molecule has 0 aromatic heterocycles. The number of hydrogen-bond donors (Lipinski definition) is 2. The van der Waals surface area contributed by atoms with Gasteiger partial charge in [0.2, 0.25) is 0 Å². The molecular formula is C12H23N3OS. The average Bonchev–Trinajstić information content (AvgIpc) is 2.30. The Morgan fingerprint density at radius 3 is 2.47 bits per heavy atom. The lowest BCUT2D eigenvalue weighted by atomic mass is 9.77. The number of rotatable bonds is 3. The van der Waals surface area contributed by atoms with E-state index >= 15 is 0 Å². The van der Waals surface area contributed by atoms with Gasteiger partial charge in [-0.15, -0.1) is 0 Å². The van der Waals surface area contributed by atoms with E-state index in [-0.39, 0.29) is 6.03 Å². The first-order chi connectivity index (χ1) is 7.91. The van der Waals surface area contributed by atoms with Crippen molar-refractivity contribution < 1.29 is 4.79 Å². The van der Waals surface area contributed by atoms with Crippen molar-refractivity contribution >= 4 is 23.2 Å². The van der Waals surface area contributed by atoms with Gasteiger partial charge in [0.1, 0.15) is 0 Å². The van der Waals surface area contributed by atoms with Crippen molar-refractivity contribution in [3.8, 4) is 0 Å². The second-order valence-corrected chi connectivity index (χ2v) is 5.51. The maximum atomic E-state index is 11.9. The second kappa shape index (κ2) is 5.67. The van der Waals surface area contributed by atoms with Gasteiger partial charge in [0.15, 0.2) is 0 Å². The molecule has 0 spiro atoms. The molecule has 1 saturated carbocycles. The summed E-state index contributed by atoms with van der Waals surface area (Å²) in [6.45, 7) is 4.84. The number of carbonyl (C=O) groups excluding carboxylic acids is 1. The van der Waals surface area contributed by atoms with E-state index in [9.17, 15) is 4.79 Å². The molecule has 2 amide bonds. The number of amides is 2. The Labute approximate surface area is 109 Å². The summed E-state index contributed by atoms with van der Waals surface area (Å²) >= 11 is 5.15. The van der Waals surface area contributed by atoms with Crippen molar-refractivity contribution in [2.45, 2.75) is 45.1 Å². The molecule has 0 atom stereocenters. The third-order valence-electron chi connectivity index (χ3n) is 3.77. The summed E-state index contributed by atoms with van der Waals surface area (Å²) in [5, 5.41) is 3.02. The summed E-state index contributed by atoms with van der Waals surface area (Å²) in [4.78, 5) is 14.0.